The quantitative estimate of drug-likeness (QED) is 0.411. The van der Waals surface area contributed by atoms with E-state index in [4.69, 9.17) is 4.74 Å². The van der Waals surface area contributed by atoms with Crippen LogP contribution in [0.5, 0.6) is 5.75 Å². The molecular formula is C26H18FN3O3. The minimum Gasteiger partial charge on any atom is -0.488 e. The molecule has 6 nitrogen and oxygen atoms in total. The number of rotatable bonds is 5. The van der Waals surface area contributed by atoms with Gasteiger partial charge in [-0.2, -0.15) is 5.10 Å². The molecule has 0 unspecified atom stereocenters. The summed E-state index contributed by atoms with van der Waals surface area (Å²) in [5.74, 6) is 0.151. The number of fused-ring (bicyclic) bond motifs is 2. The predicted octanol–water partition coefficient (Wildman–Crippen LogP) is 4.44. The van der Waals surface area contributed by atoms with Gasteiger partial charge < -0.3 is 9.72 Å². The summed E-state index contributed by atoms with van der Waals surface area (Å²) in [6.45, 7) is 0.146. The molecule has 162 valence electrons. The number of para-hydroxylation sites is 1. The number of benzene rings is 4. The fourth-order valence-electron chi connectivity index (χ4n) is 3.70. The molecule has 0 atom stereocenters. The Kier molecular flexibility index (Phi) is 5.28. The smallest absolute Gasteiger partial charge is 0.349 e. The Morgan fingerprint density at radius 3 is 2.55 bits per heavy atom. The molecule has 0 spiro atoms. The highest BCUT2D eigenvalue weighted by molar-refractivity contribution is 6.02. The van der Waals surface area contributed by atoms with Gasteiger partial charge in [-0.15, -0.1) is 4.68 Å². The van der Waals surface area contributed by atoms with Gasteiger partial charge in [-0.25, -0.2) is 9.18 Å². The van der Waals surface area contributed by atoms with Crippen molar-refractivity contribution in [1.29, 1.82) is 0 Å². The summed E-state index contributed by atoms with van der Waals surface area (Å²) in [7, 11) is 0. The Morgan fingerprint density at radius 1 is 0.909 bits per heavy atom. The highest BCUT2D eigenvalue weighted by Gasteiger charge is 2.10. The Bertz CT molecular complexity index is 1640. The SMILES string of the molecule is O=c1[nH]c2ccccc2c(=O)n1N=Cc1c(OCc2cccc(F)c2)ccc2ccccc12. The summed E-state index contributed by atoms with van der Waals surface area (Å²) in [5.41, 5.74) is 0.561. The fourth-order valence-corrected chi connectivity index (χ4v) is 3.70. The van der Waals surface area contributed by atoms with Crippen molar-refractivity contribution in [2.24, 2.45) is 5.10 Å². The van der Waals surface area contributed by atoms with Gasteiger partial charge in [0.15, 0.2) is 0 Å². The van der Waals surface area contributed by atoms with Crippen LogP contribution in [-0.4, -0.2) is 15.9 Å². The Hall–Kier alpha value is -4.52. The number of hydrogen-bond acceptors (Lipinski definition) is 4. The van der Waals surface area contributed by atoms with E-state index in [1.54, 1.807) is 42.5 Å². The second-order valence-corrected chi connectivity index (χ2v) is 7.45. The summed E-state index contributed by atoms with van der Waals surface area (Å²) in [5, 5.41) is 6.34. The van der Waals surface area contributed by atoms with Crippen molar-refractivity contribution < 1.29 is 9.13 Å². The van der Waals surface area contributed by atoms with Crippen LogP contribution in [0.3, 0.4) is 0 Å². The highest BCUT2D eigenvalue weighted by atomic mass is 19.1. The van der Waals surface area contributed by atoms with E-state index in [0.29, 0.717) is 27.8 Å². The zero-order valence-electron chi connectivity index (χ0n) is 17.4. The van der Waals surface area contributed by atoms with E-state index in [-0.39, 0.29) is 12.4 Å². The molecule has 5 aromatic rings. The lowest BCUT2D eigenvalue weighted by atomic mass is 10.0. The van der Waals surface area contributed by atoms with Gasteiger partial charge in [0.1, 0.15) is 18.2 Å². The molecule has 0 fully saturated rings. The molecule has 0 aliphatic rings. The first-order valence-electron chi connectivity index (χ1n) is 10.3. The van der Waals surface area contributed by atoms with Crippen molar-refractivity contribution in [3.8, 4) is 5.75 Å². The van der Waals surface area contributed by atoms with Crippen LogP contribution in [0.1, 0.15) is 11.1 Å². The van der Waals surface area contributed by atoms with Gasteiger partial charge in [-0.3, -0.25) is 4.79 Å². The van der Waals surface area contributed by atoms with Gasteiger partial charge in [0.05, 0.1) is 17.1 Å². The number of hydrogen-bond donors (Lipinski definition) is 1. The van der Waals surface area contributed by atoms with E-state index >= 15 is 0 Å². The molecule has 0 radical (unpaired) electrons. The lowest BCUT2D eigenvalue weighted by molar-refractivity contribution is 0.305. The Morgan fingerprint density at radius 2 is 1.70 bits per heavy atom. The topological polar surface area (TPSA) is 76.5 Å². The maximum absolute atomic E-state index is 13.5. The summed E-state index contributed by atoms with van der Waals surface area (Å²) >= 11 is 0. The molecular weight excluding hydrogens is 421 g/mol. The maximum Gasteiger partial charge on any atom is 0.349 e. The van der Waals surface area contributed by atoms with Crippen LogP contribution in [0.4, 0.5) is 4.39 Å². The van der Waals surface area contributed by atoms with Crippen molar-refractivity contribution in [3.63, 3.8) is 0 Å². The molecule has 5 rings (SSSR count). The molecule has 1 heterocycles. The van der Waals surface area contributed by atoms with Gasteiger partial charge in [-0.1, -0.05) is 54.6 Å². The van der Waals surface area contributed by atoms with Crippen LogP contribution >= 0.6 is 0 Å². The highest BCUT2D eigenvalue weighted by Crippen LogP contribution is 2.27. The minimum atomic E-state index is -0.641. The molecule has 33 heavy (non-hydrogen) atoms. The standard InChI is InChI=1S/C26H18FN3O3/c27-19-8-5-6-17(14-19)16-33-24-13-12-18-7-1-2-9-20(18)22(24)15-28-30-25(31)21-10-3-4-11-23(21)29-26(30)32/h1-15H,16H2,(H,29,32). The molecule has 1 N–H and O–H groups in total. The number of halogens is 1. The fraction of sp³-hybridized carbons (Fsp3) is 0.0385. The van der Waals surface area contributed by atoms with Crippen LogP contribution in [0, 0.1) is 5.82 Å². The van der Waals surface area contributed by atoms with Crippen LogP contribution < -0.4 is 16.0 Å². The lowest BCUT2D eigenvalue weighted by Gasteiger charge is -2.12. The van der Waals surface area contributed by atoms with E-state index < -0.39 is 11.2 Å². The van der Waals surface area contributed by atoms with Crippen molar-refractivity contribution in [3.05, 3.63) is 123 Å². The first kappa shape index (κ1) is 20.4. The van der Waals surface area contributed by atoms with E-state index in [1.165, 1.54) is 18.3 Å². The Balaban J connectivity index is 1.59. The lowest BCUT2D eigenvalue weighted by Crippen LogP contribution is -2.32. The van der Waals surface area contributed by atoms with Crippen molar-refractivity contribution in [2.45, 2.75) is 6.61 Å². The third-order valence-electron chi connectivity index (χ3n) is 5.30. The first-order valence-corrected chi connectivity index (χ1v) is 10.3. The van der Waals surface area contributed by atoms with Gasteiger partial charge in [0, 0.05) is 5.56 Å². The number of aromatic amines is 1. The molecule has 0 bridgehead atoms. The third-order valence-corrected chi connectivity index (χ3v) is 5.30. The number of H-pyrrole nitrogens is 1. The minimum absolute atomic E-state index is 0.146. The summed E-state index contributed by atoms with van der Waals surface area (Å²) in [4.78, 5) is 28.0. The molecule has 4 aromatic carbocycles. The zero-order chi connectivity index (χ0) is 22.8. The van der Waals surface area contributed by atoms with Crippen molar-refractivity contribution in [2.75, 3.05) is 0 Å². The number of nitrogens with one attached hydrogen (secondary N) is 1. The van der Waals surface area contributed by atoms with Crippen LogP contribution in [0.15, 0.2) is 99.6 Å². The summed E-state index contributed by atoms with van der Waals surface area (Å²) in [6.07, 6.45) is 1.44. The summed E-state index contributed by atoms with van der Waals surface area (Å²) < 4.78 is 20.3. The zero-order valence-corrected chi connectivity index (χ0v) is 17.4. The maximum atomic E-state index is 13.5. The van der Waals surface area contributed by atoms with Crippen LogP contribution in [0.2, 0.25) is 0 Å². The monoisotopic (exact) mass is 439 g/mol. The van der Waals surface area contributed by atoms with Crippen molar-refractivity contribution >= 4 is 27.9 Å². The van der Waals surface area contributed by atoms with Gasteiger partial charge in [-0.05, 0) is 46.7 Å². The van der Waals surface area contributed by atoms with Gasteiger partial charge in [0.25, 0.3) is 5.56 Å². The van der Waals surface area contributed by atoms with Gasteiger partial charge >= 0.3 is 5.69 Å². The molecule has 0 saturated carbocycles. The first-order chi connectivity index (χ1) is 16.1. The normalized spacial score (nSPS) is 11.4. The largest absolute Gasteiger partial charge is 0.488 e. The van der Waals surface area contributed by atoms with Gasteiger partial charge in [0.2, 0.25) is 0 Å². The third kappa shape index (κ3) is 4.04. The molecule has 0 amide bonds. The number of ether oxygens (including phenoxy) is 1. The van der Waals surface area contributed by atoms with E-state index in [2.05, 4.69) is 10.1 Å². The molecule has 7 heteroatoms. The average molecular weight is 439 g/mol. The second-order valence-electron chi connectivity index (χ2n) is 7.45. The van der Waals surface area contributed by atoms with Crippen molar-refractivity contribution in [1.82, 2.24) is 9.66 Å². The van der Waals surface area contributed by atoms with E-state index in [1.807, 2.05) is 30.3 Å². The van der Waals surface area contributed by atoms with Crippen LogP contribution in [0.25, 0.3) is 21.7 Å². The van der Waals surface area contributed by atoms with Crippen LogP contribution in [-0.2, 0) is 6.61 Å². The molecule has 0 aliphatic heterocycles. The summed E-state index contributed by atoms with van der Waals surface area (Å²) in [6, 6.07) is 24.3. The van der Waals surface area contributed by atoms with E-state index in [9.17, 15) is 14.0 Å². The van der Waals surface area contributed by atoms with E-state index in [0.717, 1.165) is 15.4 Å². The number of nitrogens with zero attached hydrogens (tertiary/aromatic N) is 2. The average Bonchev–Trinajstić information content (AvgIpc) is 2.83. The molecule has 0 saturated heterocycles. The Labute approximate surface area is 187 Å². The molecule has 1 aromatic heterocycles. The number of aromatic nitrogens is 2. The molecule has 0 aliphatic carbocycles. The predicted molar refractivity (Wildman–Crippen MR) is 127 cm³/mol. The second kappa shape index (κ2) is 8.55.